The number of halogens is 3. The van der Waals surface area contributed by atoms with Gasteiger partial charge in [0.1, 0.15) is 0 Å². The molecule has 2 heterocycles. The molecule has 0 aliphatic carbocycles. The van der Waals surface area contributed by atoms with Crippen LogP contribution >= 0.6 is 34.8 Å². The molecule has 0 bridgehead atoms. The van der Waals surface area contributed by atoms with Gasteiger partial charge in [-0.15, -0.1) is 0 Å². The Morgan fingerprint density at radius 1 is 0.538 bits per heavy atom. The quantitative estimate of drug-likeness (QED) is 0.247. The first-order chi connectivity index (χ1) is 17.6. The van der Waals surface area contributed by atoms with Crippen LogP contribution in [0.2, 0.25) is 15.9 Å². The topological polar surface area (TPSA) is 87.1 Å². The summed E-state index contributed by atoms with van der Waals surface area (Å²) in [6.45, 7) is 30.0. The Balaban J connectivity index is 2.76. The van der Waals surface area contributed by atoms with E-state index in [2.05, 4.69) is 137 Å². The predicted octanol–water partition coefficient (Wildman–Crippen LogP) is 7.26. The van der Waals surface area contributed by atoms with Crippen molar-refractivity contribution in [3.8, 4) is 0 Å². The van der Waals surface area contributed by atoms with Crippen LogP contribution in [0, 0.1) is 5.92 Å². The van der Waals surface area contributed by atoms with Crippen LogP contribution in [0.5, 0.6) is 0 Å². The van der Waals surface area contributed by atoms with Crippen LogP contribution in [0.3, 0.4) is 0 Å². The summed E-state index contributed by atoms with van der Waals surface area (Å²) in [6, 6.07) is 0.188. The van der Waals surface area contributed by atoms with E-state index >= 15 is 0 Å². The van der Waals surface area contributed by atoms with Gasteiger partial charge in [-0.25, -0.2) is 4.98 Å². The van der Waals surface area contributed by atoms with Crippen LogP contribution < -0.4 is 9.80 Å². The van der Waals surface area contributed by atoms with Crippen molar-refractivity contribution in [2.45, 2.75) is 132 Å². The molecule has 0 aromatic carbocycles. The van der Waals surface area contributed by atoms with Gasteiger partial charge in [-0.05, 0) is 124 Å². The van der Waals surface area contributed by atoms with E-state index in [1.165, 1.54) is 0 Å². The summed E-state index contributed by atoms with van der Waals surface area (Å²) in [5.41, 5.74) is -1.58. The van der Waals surface area contributed by atoms with Crippen LogP contribution in [0.1, 0.15) is 103 Å². The van der Waals surface area contributed by atoms with Gasteiger partial charge in [-0.1, -0.05) is 13.8 Å². The standard InChI is InChI=1S/C27H46Cl3N9/c1-15(2)25(9,10)37(16(3)4)23-32-19(31-20(28)34-23)26(11,12)39(18(7)8)27(13,14)38(17(5)6)24-35-21(29)33-22(30)36-24/h15-18H,1-14H3. The van der Waals surface area contributed by atoms with Crippen molar-refractivity contribution in [1.82, 2.24) is 34.8 Å². The lowest BCUT2D eigenvalue weighted by Crippen LogP contribution is -2.67. The second kappa shape index (κ2) is 12.1. The van der Waals surface area contributed by atoms with Crippen molar-refractivity contribution in [2.24, 2.45) is 5.92 Å². The number of aromatic nitrogens is 6. The van der Waals surface area contributed by atoms with Crippen molar-refractivity contribution in [3.05, 3.63) is 21.7 Å². The van der Waals surface area contributed by atoms with E-state index in [-0.39, 0.29) is 39.5 Å². The first-order valence-electron chi connectivity index (χ1n) is 13.5. The first-order valence-corrected chi connectivity index (χ1v) is 14.7. The molecule has 2 aromatic rings. The van der Waals surface area contributed by atoms with Crippen LogP contribution in [0.15, 0.2) is 0 Å². The molecular weight excluding hydrogens is 557 g/mol. The highest BCUT2D eigenvalue weighted by Gasteiger charge is 2.48. The van der Waals surface area contributed by atoms with Crippen molar-refractivity contribution in [1.29, 1.82) is 0 Å². The lowest BCUT2D eigenvalue weighted by molar-refractivity contribution is -0.0259. The number of rotatable bonds is 11. The molecule has 2 rings (SSSR count). The molecule has 0 aliphatic rings. The first kappa shape index (κ1) is 33.7. The summed E-state index contributed by atoms with van der Waals surface area (Å²) in [4.78, 5) is 33.8. The minimum atomic E-state index is -0.697. The molecular formula is C27H46Cl3N9. The van der Waals surface area contributed by atoms with E-state index in [0.717, 1.165) is 0 Å². The zero-order valence-electron chi connectivity index (χ0n) is 26.0. The maximum atomic E-state index is 6.60. The lowest BCUT2D eigenvalue weighted by Gasteiger charge is -2.55. The second-order valence-corrected chi connectivity index (χ2v) is 13.7. The highest BCUT2D eigenvalue weighted by atomic mass is 35.5. The Labute approximate surface area is 250 Å². The molecule has 0 fully saturated rings. The Kier molecular flexibility index (Phi) is 10.5. The summed E-state index contributed by atoms with van der Waals surface area (Å²) in [7, 11) is 0. The molecule has 220 valence electrons. The maximum Gasteiger partial charge on any atom is 0.232 e. The molecule has 0 saturated heterocycles. The summed E-state index contributed by atoms with van der Waals surface area (Å²) >= 11 is 19.0. The molecule has 9 nitrogen and oxygen atoms in total. The van der Waals surface area contributed by atoms with Gasteiger partial charge in [-0.3, -0.25) is 4.90 Å². The SMILES string of the molecule is CC(C)N(c1nc(Cl)nc(C(C)(C)N(C(C)C)C(C)(C)N(c2nc(Cl)nc(Cl)n2)C(C)C)n1)C(C)(C)C(C)C. The third-order valence-corrected chi connectivity index (χ3v) is 8.01. The number of nitrogens with zero attached hydrogens (tertiary/aromatic N) is 9. The van der Waals surface area contributed by atoms with Crippen LogP contribution in [0.4, 0.5) is 11.9 Å². The summed E-state index contributed by atoms with van der Waals surface area (Å²) in [5, 5.41) is 0.237. The third kappa shape index (κ3) is 7.03. The summed E-state index contributed by atoms with van der Waals surface area (Å²) in [6.07, 6.45) is 0. The number of hydrogen-bond acceptors (Lipinski definition) is 9. The Bertz CT molecular complexity index is 1110. The van der Waals surface area contributed by atoms with Crippen LogP contribution in [-0.2, 0) is 5.54 Å². The fourth-order valence-electron chi connectivity index (χ4n) is 5.87. The molecule has 2 aromatic heterocycles. The average Bonchev–Trinajstić information content (AvgIpc) is 2.70. The monoisotopic (exact) mass is 601 g/mol. The van der Waals surface area contributed by atoms with Crippen molar-refractivity contribution in [3.63, 3.8) is 0 Å². The van der Waals surface area contributed by atoms with E-state index in [1.54, 1.807) is 0 Å². The van der Waals surface area contributed by atoms with Gasteiger partial charge >= 0.3 is 0 Å². The minimum absolute atomic E-state index is 0.00707. The fraction of sp³-hybridized carbons (Fsp3) is 0.778. The molecule has 0 saturated carbocycles. The third-order valence-electron chi connectivity index (χ3n) is 7.51. The molecule has 0 unspecified atom stereocenters. The predicted molar refractivity (Wildman–Crippen MR) is 163 cm³/mol. The lowest BCUT2D eigenvalue weighted by atomic mass is 9.88. The average molecular weight is 603 g/mol. The van der Waals surface area contributed by atoms with Crippen molar-refractivity contribution in [2.75, 3.05) is 9.80 Å². The van der Waals surface area contributed by atoms with E-state index in [1.807, 2.05) is 0 Å². The van der Waals surface area contributed by atoms with Gasteiger partial charge in [0.25, 0.3) is 0 Å². The zero-order chi connectivity index (χ0) is 30.2. The molecule has 0 spiro atoms. The molecule has 0 N–H and O–H groups in total. The molecule has 0 amide bonds. The Morgan fingerprint density at radius 2 is 0.949 bits per heavy atom. The van der Waals surface area contributed by atoms with E-state index in [4.69, 9.17) is 39.8 Å². The van der Waals surface area contributed by atoms with Gasteiger partial charge in [-0.2, -0.15) is 24.9 Å². The largest absolute Gasteiger partial charge is 0.333 e. The molecule has 0 aliphatic heterocycles. The van der Waals surface area contributed by atoms with Gasteiger partial charge in [0.2, 0.25) is 27.7 Å². The van der Waals surface area contributed by atoms with E-state index in [0.29, 0.717) is 23.6 Å². The summed E-state index contributed by atoms with van der Waals surface area (Å²) in [5.74, 6) is 1.86. The smallest absolute Gasteiger partial charge is 0.232 e. The van der Waals surface area contributed by atoms with Gasteiger partial charge in [0, 0.05) is 23.7 Å². The van der Waals surface area contributed by atoms with Crippen LogP contribution in [0.25, 0.3) is 0 Å². The highest BCUT2D eigenvalue weighted by Crippen LogP contribution is 2.40. The molecule has 12 heteroatoms. The van der Waals surface area contributed by atoms with E-state index in [9.17, 15) is 0 Å². The minimum Gasteiger partial charge on any atom is -0.333 e. The highest BCUT2D eigenvalue weighted by molar-refractivity contribution is 6.31. The Hall–Kier alpha value is -1.55. The second-order valence-electron chi connectivity index (χ2n) is 12.7. The molecule has 0 radical (unpaired) electrons. The zero-order valence-corrected chi connectivity index (χ0v) is 28.2. The van der Waals surface area contributed by atoms with Crippen molar-refractivity contribution < 1.29 is 0 Å². The number of hydrogen-bond donors (Lipinski definition) is 0. The van der Waals surface area contributed by atoms with Gasteiger partial charge < -0.3 is 9.80 Å². The van der Waals surface area contributed by atoms with Crippen LogP contribution in [-0.4, -0.2) is 64.1 Å². The maximum absolute atomic E-state index is 6.60. The molecule has 0 atom stereocenters. The normalized spacial score (nSPS) is 13.4. The summed E-state index contributed by atoms with van der Waals surface area (Å²) < 4.78 is 0. The Morgan fingerprint density at radius 3 is 1.33 bits per heavy atom. The van der Waals surface area contributed by atoms with Gasteiger partial charge in [0.15, 0.2) is 5.82 Å². The van der Waals surface area contributed by atoms with Gasteiger partial charge in [0.05, 0.1) is 11.2 Å². The van der Waals surface area contributed by atoms with E-state index < -0.39 is 11.2 Å². The fourth-order valence-corrected chi connectivity index (χ4v) is 6.38. The number of anilines is 2. The molecule has 39 heavy (non-hydrogen) atoms. The van der Waals surface area contributed by atoms with Crippen molar-refractivity contribution >= 4 is 46.7 Å².